The van der Waals surface area contributed by atoms with Crippen molar-refractivity contribution in [2.75, 3.05) is 17.6 Å². The number of aromatic nitrogens is 1. The van der Waals surface area contributed by atoms with E-state index in [1.165, 1.54) is 0 Å². The molecule has 15 heavy (non-hydrogen) atoms. The van der Waals surface area contributed by atoms with Crippen molar-refractivity contribution in [2.24, 2.45) is 11.3 Å². The van der Waals surface area contributed by atoms with Gasteiger partial charge in [-0.2, -0.15) is 0 Å². The summed E-state index contributed by atoms with van der Waals surface area (Å²) in [6.45, 7) is 9.92. The van der Waals surface area contributed by atoms with E-state index >= 15 is 0 Å². The van der Waals surface area contributed by atoms with Gasteiger partial charge in [0, 0.05) is 12.7 Å². The van der Waals surface area contributed by atoms with E-state index < -0.39 is 0 Å². The molecule has 1 aromatic rings. The maximum Gasteiger partial charge on any atom is 0.0547 e. The summed E-state index contributed by atoms with van der Waals surface area (Å²) in [4.78, 5) is 4.04. The summed E-state index contributed by atoms with van der Waals surface area (Å²) in [5.74, 6) is 0.596. The number of hydrogen-bond donors (Lipinski definition) is 2. The number of nitrogens with one attached hydrogen (secondary N) is 1. The van der Waals surface area contributed by atoms with Gasteiger partial charge in [0.2, 0.25) is 0 Å². The molecule has 0 aliphatic rings. The molecular formula is C12H21N3. The first-order valence-corrected chi connectivity index (χ1v) is 5.34. The smallest absolute Gasteiger partial charge is 0.0547 e. The minimum atomic E-state index is 0.320. The molecule has 0 spiro atoms. The lowest BCUT2D eigenvalue weighted by molar-refractivity contribution is 0.274. The summed E-state index contributed by atoms with van der Waals surface area (Å²) >= 11 is 0. The topological polar surface area (TPSA) is 50.9 Å². The normalized spacial score (nSPS) is 13.6. The van der Waals surface area contributed by atoms with Gasteiger partial charge < -0.3 is 11.1 Å². The first kappa shape index (κ1) is 11.8. The molecule has 0 amide bonds. The van der Waals surface area contributed by atoms with Crippen molar-refractivity contribution in [1.29, 1.82) is 0 Å². The van der Waals surface area contributed by atoms with Crippen molar-refractivity contribution in [3.8, 4) is 0 Å². The second kappa shape index (κ2) is 4.51. The van der Waals surface area contributed by atoms with E-state index in [9.17, 15) is 0 Å². The Morgan fingerprint density at radius 2 is 2.07 bits per heavy atom. The SMILES string of the molecule is CC(CNc1cncc(N)c1)C(C)(C)C. The highest BCUT2D eigenvalue weighted by Crippen LogP contribution is 2.25. The van der Waals surface area contributed by atoms with Crippen molar-refractivity contribution in [3.05, 3.63) is 18.5 Å². The zero-order valence-corrected chi connectivity index (χ0v) is 10.0. The standard InChI is InChI=1S/C12H21N3/c1-9(12(2,3)4)6-15-11-5-10(13)7-14-8-11/h5,7-9,15H,6,13H2,1-4H3. The molecule has 3 heteroatoms. The Balaban J connectivity index is 2.51. The molecule has 3 N–H and O–H groups in total. The number of rotatable bonds is 3. The van der Waals surface area contributed by atoms with Gasteiger partial charge in [0.15, 0.2) is 0 Å². The highest BCUT2D eigenvalue weighted by atomic mass is 14.9. The van der Waals surface area contributed by atoms with Gasteiger partial charge in [0.05, 0.1) is 17.6 Å². The first-order chi connectivity index (χ1) is 6.89. The average Bonchev–Trinajstić information content (AvgIpc) is 2.12. The molecule has 0 saturated carbocycles. The first-order valence-electron chi connectivity index (χ1n) is 5.34. The van der Waals surface area contributed by atoms with Gasteiger partial charge in [-0.15, -0.1) is 0 Å². The van der Waals surface area contributed by atoms with Crippen molar-refractivity contribution < 1.29 is 0 Å². The molecule has 0 aliphatic carbocycles. The van der Waals surface area contributed by atoms with Crippen LogP contribution in [0.4, 0.5) is 11.4 Å². The van der Waals surface area contributed by atoms with Crippen LogP contribution in [0.3, 0.4) is 0 Å². The lowest BCUT2D eigenvalue weighted by Crippen LogP contribution is -2.24. The van der Waals surface area contributed by atoms with E-state index in [1.807, 2.05) is 6.07 Å². The molecular weight excluding hydrogens is 186 g/mol. The minimum Gasteiger partial charge on any atom is -0.397 e. The molecule has 1 aromatic heterocycles. The van der Waals surface area contributed by atoms with Gasteiger partial charge >= 0.3 is 0 Å². The molecule has 0 radical (unpaired) electrons. The van der Waals surface area contributed by atoms with Gasteiger partial charge in [-0.25, -0.2) is 0 Å². The quantitative estimate of drug-likeness (QED) is 0.801. The molecule has 1 unspecified atom stereocenters. The highest BCUT2D eigenvalue weighted by molar-refractivity contribution is 5.51. The van der Waals surface area contributed by atoms with Gasteiger partial charge in [-0.3, -0.25) is 4.98 Å². The Kier molecular flexibility index (Phi) is 3.56. The minimum absolute atomic E-state index is 0.320. The highest BCUT2D eigenvalue weighted by Gasteiger charge is 2.19. The van der Waals surface area contributed by atoms with Crippen LogP contribution in [0.2, 0.25) is 0 Å². The molecule has 84 valence electrons. The van der Waals surface area contributed by atoms with E-state index in [0.717, 1.165) is 12.2 Å². The fourth-order valence-electron chi connectivity index (χ4n) is 1.13. The summed E-state index contributed by atoms with van der Waals surface area (Å²) < 4.78 is 0. The van der Waals surface area contributed by atoms with Crippen LogP contribution < -0.4 is 11.1 Å². The zero-order valence-electron chi connectivity index (χ0n) is 10.0. The molecule has 0 saturated heterocycles. The monoisotopic (exact) mass is 207 g/mol. The number of nitrogens with zero attached hydrogens (tertiary/aromatic N) is 1. The lowest BCUT2D eigenvalue weighted by Gasteiger charge is -2.27. The Hall–Kier alpha value is -1.25. The van der Waals surface area contributed by atoms with Crippen LogP contribution in [-0.4, -0.2) is 11.5 Å². The van der Waals surface area contributed by atoms with E-state index in [4.69, 9.17) is 5.73 Å². The predicted molar refractivity (Wildman–Crippen MR) is 65.8 cm³/mol. The Morgan fingerprint density at radius 3 is 2.60 bits per heavy atom. The van der Waals surface area contributed by atoms with Gasteiger partial charge in [-0.05, 0) is 17.4 Å². The third-order valence-electron chi connectivity index (χ3n) is 2.85. The second-order valence-corrected chi connectivity index (χ2v) is 5.15. The number of nitrogens with two attached hydrogens (primary N) is 1. The van der Waals surface area contributed by atoms with E-state index in [0.29, 0.717) is 17.0 Å². The summed E-state index contributed by atoms with van der Waals surface area (Å²) in [5, 5.41) is 3.35. The van der Waals surface area contributed by atoms with Crippen molar-refractivity contribution in [2.45, 2.75) is 27.7 Å². The average molecular weight is 207 g/mol. The molecule has 0 aliphatic heterocycles. The Bertz CT molecular complexity index is 315. The van der Waals surface area contributed by atoms with E-state index in [-0.39, 0.29) is 0 Å². The number of nitrogen functional groups attached to an aromatic ring is 1. The van der Waals surface area contributed by atoms with Gasteiger partial charge in [0.1, 0.15) is 0 Å². The largest absolute Gasteiger partial charge is 0.397 e. The van der Waals surface area contributed by atoms with Crippen molar-refractivity contribution in [3.63, 3.8) is 0 Å². The van der Waals surface area contributed by atoms with Crippen LogP contribution in [0, 0.1) is 11.3 Å². The van der Waals surface area contributed by atoms with Crippen LogP contribution in [0.15, 0.2) is 18.5 Å². The van der Waals surface area contributed by atoms with Gasteiger partial charge in [-0.1, -0.05) is 27.7 Å². The van der Waals surface area contributed by atoms with E-state index in [2.05, 4.69) is 38.0 Å². The van der Waals surface area contributed by atoms with Crippen LogP contribution in [0.25, 0.3) is 0 Å². The molecule has 1 rings (SSSR count). The molecule has 1 heterocycles. The fourth-order valence-corrected chi connectivity index (χ4v) is 1.13. The summed E-state index contributed by atoms with van der Waals surface area (Å²) in [7, 11) is 0. The van der Waals surface area contributed by atoms with Crippen LogP contribution in [0.5, 0.6) is 0 Å². The van der Waals surface area contributed by atoms with Crippen LogP contribution >= 0.6 is 0 Å². The number of pyridine rings is 1. The molecule has 0 bridgehead atoms. The third kappa shape index (κ3) is 3.78. The number of hydrogen-bond acceptors (Lipinski definition) is 3. The van der Waals surface area contributed by atoms with Crippen LogP contribution in [-0.2, 0) is 0 Å². The Morgan fingerprint density at radius 1 is 1.40 bits per heavy atom. The van der Waals surface area contributed by atoms with Crippen molar-refractivity contribution in [1.82, 2.24) is 4.98 Å². The molecule has 3 nitrogen and oxygen atoms in total. The predicted octanol–water partition coefficient (Wildman–Crippen LogP) is 2.76. The second-order valence-electron chi connectivity index (χ2n) is 5.15. The fraction of sp³-hybridized carbons (Fsp3) is 0.583. The maximum atomic E-state index is 5.65. The summed E-state index contributed by atoms with van der Waals surface area (Å²) in [5.41, 5.74) is 7.66. The van der Waals surface area contributed by atoms with Crippen molar-refractivity contribution >= 4 is 11.4 Å². The zero-order chi connectivity index (χ0) is 11.5. The lowest BCUT2D eigenvalue weighted by atomic mass is 9.82. The van der Waals surface area contributed by atoms with Crippen LogP contribution in [0.1, 0.15) is 27.7 Å². The third-order valence-corrected chi connectivity index (χ3v) is 2.85. The van der Waals surface area contributed by atoms with Gasteiger partial charge in [0.25, 0.3) is 0 Å². The molecule has 0 fully saturated rings. The maximum absolute atomic E-state index is 5.65. The molecule has 0 aromatic carbocycles. The Labute approximate surface area is 92.1 Å². The van der Waals surface area contributed by atoms with E-state index in [1.54, 1.807) is 12.4 Å². The summed E-state index contributed by atoms with van der Waals surface area (Å²) in [6.07, 6.45) is 3.45. The molecule has 1 atom stereocenters. The summed E-state index contributed by atoms with van der Waals surface area (Å²) in [6, 6.07) is 1.91. The number of anilines is 2.